The normalized spacial score (nSPS) is 16.8. The zero-order valence-electron chi connectivity index (χ0n) is 11.1. The second-order valence-electron chi connectivity index (χ2n) is 5.28. The van der Waals surface area contributed by atoms with Crippen LogP contribution in [0.5, 0.6) is 0 Å². The molecule has 106 valence electrons. The first-order valence-corrected chi connectivity index (χ1v) is 7.65. The van der Waals surface area contributed by atoms with Gasteiger partial charge >= 0.3 is 0 Å². The first kappa shape index (κ1) is 13.6. The molecular weight excluding hydrogens is 320 g/mol. The Balaban J connectivity index is 1.86. The summed E-state index contributed by atoms with van der Waals surface area (Å²) in [6.07, 6.45) is 3.55. The summed E-state index contributed by atoms with van der Waals surface area (Å²) in [6, 6.07) is 5.86. The average Bonchev–Trinajstić information content (AvgIpc) is 2.92. The summed E-state index contributed by atoms with van der Waals surface area (Å²) in [5.74, 6) is 0.410. The predicted octanol–water partition coefficient (Wildman–Crippen LogP) is 2.77. The highest BCUT2D eigenvalue weighted by Gasteiger charge is 2.25. The van der Waals surface area contributed by atoms with Gasteiger partial charge in [-0.1, -0.05) is 22.0 Å². The van der Waals surface area contributed by atoms with Gasteiger partial charge in [0.15, 0.2) is 0 Å². The molecule has 0 radical (unpaired) electrons. The van der Waals surface area contributed by atoms with Crippen molar-refractivity contribution >= 4 is 32.7 Å². The number of nitrogens with one attached hydrogen (secondary N) is 1. The van der Waals surface area contributed by atoms with Gasteiger partial charge in [0, 0.05) is 41.3 Å². The molecule has 20 heavy (non-hydrogen) atoms. The monoisotopic (exact) mass is 336 g/mol. The summed E-state index contributed by atoms with van der Waals surface area (Å²) in [7, 11) is 0. The van der Waals surface area contributed by atoms with Crippen molar-refractivity contribution in [2.45, 2.75) is 12.8 Å². The summed E-state index contributed by atoms with van der Waals surface area (Å²) in [4.78, 5) is 17.7. The summed E-state index contributed by atoms with van der Waals surface area (Å²) in [6.45, 7) is 1.67. The Morgan fingerprint density at radius 3 is 2.85 bits per heavy atom. The van der Waals surface area contributed by atoms with Crippen molar-refractivity contribution in [1.82, 2.24) is 9.88 Å². The quantitative estimate of drug-likeness (QED) is 0.885. The van der Waals surface area contributed by atoms with Gasteiger partial charge in [0.05, 0.1) is 5.56 Å². The van der Waals surface area contributed by atoms with Crippen molar-refractivity contribution in [2.75, 3.05) is 19.7 Å². The third-order valence-corrected chi connectivity index (χ3v) is 4.71. The van der Waals surface area contributed by atoms with E-state index in [0.717, 1.165) is 46.9 Å². The van der Waals surface area contributed by atoms with Crippen molar-refractivity contribution < 1.29 is 9.90 Å². The van der Waals surface area contributed by atoms with Gasteiger partial charge in [0.25, 0.3) is 5.91 Å². The third-order valence-electron chi connectivity index (χ3n) is 4.05. The maximum absolute atomic E-state index is 12.6. The van der Waals surface area contributed by atoms with Crippen LogP contribution in [0.4, 0.5) is 0 Å². The number of aliphatic hydroxyl groups excluding tert-OH is 1. The topological polar surface area (TPSA) is 56.3 Å². The number of piperidine rings is 1. The number of halogens is 1. The SMILES string of the molecule is O=C(c1c[nH]c2cccc(Br)c12)N1CCC(CO)CC1. The number of H-pyrrole nitrogens is 1. The van der Waals surface area contributed by atoms with E-state index in [9.17, 15) is 4.79 Å². The standard InChI is InChI=1S/C15H17BrN2O2/c16-12-2-1-3-13-14(12)11(8-17-13)15(20)18-6-4-10(9-19)5-7-18/h1-3,8,10,17,19H,4-7,9H2. The van der Waals surface area contributed by atoms with E-state index in [1.807, 2.05) is 23.1 Å². The number of carbonyl (C=O) groups excluding carboxylic acids is 1. The zero-order valence-corrected chi connectivity index (χ0v) is 12.7. The maximum Gasteiger partial charge on any atom is 0.256 e. The Kier molecular flexibility index (Phi) is 3.81. The van der Waals surface area contributed by atoms with Crippen molar-refractivity contribution in [3.8, 4) is 0 Å². The van der Waals surface area contributed by atoms with Crippen LogP contribution in [0.15, 0.2) is 28.9 Å². The summed E-state index contributed by atoms with van der Waals surface area (Å²) >= 11 is 3.52. The first-order valence-electron chi connectivity index (χ1n) is 6.86. The van der Waals surface area contributed by atoms with Gasteiger partial charge in [0.1, 0.15) is 0 Å². The molecule has 1 aliphatic rings. The Morgan fingerprint density at radius 2 is 2.15 bits per heavy atom. The molecule has 0 aliphatic carbocycles. The Morgan fingerprint density at radius 1 is 1.40 bits per heavy atom. The molecule has 1 aliphatic heterocycles. The number of likely N-dealkylation sites (tertiary alicyclic amines) is 1. The lowest BCUT2D eigenvalue weighted by atomic mass is 9.97. The number of aromatic nitrogens is 1. The second kappa shape index (κ2) is 5.58. The molecule has 1 amide bonds. The zero-order chi connectivity index (χ0) is 14.1. The number of hydrogen-bond acceptors (Lipinski definition) is 2. The number of amides is 1. The molecule has 0 bridgehead atoms. The predicted molar refractivity (Wildman–Crippen MR) is 81.7 cm³/mol. The fourth-order valence-electron chi connectivity index (χ4n) is 2.80. The van der Waals surface area contributed by atoms with E-state index < -0.39 is 0 Å². The van der Waals surface area contributed by atoms with Crippen molar-refractivity contribution in [3.05, 3.63) is 34.4 Å². The molecular formula is C15H17BrN2O2. The number of aromatic amines is 1. The van der Waals surface area contributed by atoms with Crippen LogP contribution in [0.3, 0.4) is 0 Å². The number of carbonyl (C=O) groups is 1. The van der Waals surface area contributed by atoms with Crippen LogP contribution >= 0.6 is 15.9 Å². The molecule has 4 nitrogen and oxygen atoms in total. The molecule has 0 spiro atoms. The molecule has 1 aromatic heterocycles. The minimum absolute atomic E-state index is 0.0690. The molecule has 0 unspecified atom stereocenters. The fourth-order valence-corrected chi connectivity index (χ4v) is 3.38. The molecule has 0 saturated carbocycles. The van der Waals surface area contributed by atoms with Crippen molar-refractivity contribution in [1.29, 1.82) is 0 Å². The number of fused-ring (bicyclic) bond motifs is 1. The smallest absolute Gasteiger partial charge is 0.256 e. The lowest BCUT2D eigenvalue weighted by molar-refractivity contribution is 0.0653. The van der Waals surface area contributed by atoms with Gasteiger partial charge in [0.2, 0.25) is 0 Å². The molecule has 5 heteroatoms. The van der Waals surface area contributed by atoms with E-state index in [0.29, 0.717) is 5.92 Å². The largest absolute Gasteiger partial charge is 0.396 e. The van der Waals surface area contributed by atoms with Gasteiger partial charge in [-0.05, 0) is 30.9 Å². The number of rotatable bonds is 2. The Hall–Kier alpha value is -1.33. The van der Waals surface area contributed by atoms with Crippen LogP contribution in [-0.2, 0) is 0 Å². The van der Waals surface area contributed by atoms with Gasteiger partial charge in [-0.15, -0.1) is 0 Å². The summed E-state index contributed by atoms with van der Waals surface area (Å²) in [5, 5.41) is 10.1. The molecule has 0 atom stereocenters. The highest BCUT2D eigenvalue weighted by molar-refractivity contribution is 9.10. The number of hydrogen-bond donors (Lipinski definition) is 2. The molecule has 2 aromatic rings. The van der Waals surface area contributed by atoms with E-state index in [4.69, 9.17) is 5.11 Å². The van der Waals surface area contributed by atoms with Gasteiger partial charge in [-0.3, -0.25) is 4.79 Å². The Bertz CT molecular complexity index is 630. The Labute approximate surface area is 125 Å². The number of nitrogens with zero attached hydrogens (tertiary/aromatic N) is 1. The second-order valence-corrected chi connectivity index (χ2v) is 6.14. The van der Waals surface area contributed by atoms with Crippen LogP contribution in [0, 0.1) is 5.92 Å². The molecule has 2 N–H and O–H groups in total. The summed E-state index contributed by atoms with van der Waals surface area (Å²) < 4.78 is 0.935. The molecule has 3 rings (SSSR count). The average molecular weight is 337 g/mol. The van der Waals surface area contributed by atoms with Gasteiger partial charge in [-0.2, -0.15) is 0 Å². The van der Waals surface area contributed by atoms with E-state index in [1.165, 1.54) is 0 Å². The van der Waals surface area contributed by atoms with E-state index >= 15 is 0 Å². The lowest BCUT2D eigenvalue weighted by Gasteiger charge is -2.31. The van der Waals surface area contributed by atoms with Gasteiger partial charge < -0.3 is 15.0 Å². The minimum Gasteiger partial charge on any atom is -0.396 e. The van der Waals surface area contributed by atoms with Crippen LogP contribution in [0.2, 0.25) is 0 Å². The number of aliphatic hydroxyl groups is 1. The van der Waals surface area contributed by atoms with E-state index in [1.54, 1.807) is 6.20 Å². The van der Waals surface area contributed by atoms with Crippen molar-refractivity contribution in [2.24, 2.45) is 5.92 Å². The van der Waals surface area contributed by atoms with Crippen LogP contribution < -0.4 is 0 Å². The maximum atomic E-state index is 12.6. The molecule has 1 fully saturated rings. The fraction of sp³-hybridized carbons (Fsp3) is 0.400. The highest BCUT2D eigenvalue weighted by atomic mass is 79.9. The lowest BCUT2D eigenvalue weighted by Crippen LogP contribution is -2.39. The van der Waals surface area contributed by atoms with Crippen LogP contribution in [0.25, 0.3) is 10.9 Å². The molecule has 1 aromatic carbocycles. The molecule has 1 saturated heterocycles. The third kappa shape index (κ3) is 2.36. The first-order chi connectivity index (χ1) is 9.70. The molecule has 2 heterocycles. The van der Waals surface area contributed by atoms with E-state index in [2.05, 4.69) is 20.9 Å². The van der Waals surface area contributed by atoms with E-state index in [-0.39, 0.29) is 12.5 Å². The van der Waals surface area contributed by atoms with Gasteiger partial charge in [-0.25, -0.2) is 0 Å². The minimum atomic E-state index is 0.0690. The highest BCUT2D eigenvalue weighted by Crippen LogP contribution is 2.28. The number of benzene rings is 1. The van der Waals surface area contributed by atoms with Crippen LogP contribution in [-0.4, -0.2) is 40.6 Å². The summed E-state index contributed by atoms with van der Waals surface area (Å²) in [5.41, 5.74) is 1.68. The van der Waals surface area contributed by atoms with Crippen molar-refractivity contribution in [3.63, 3.8) is 0 Å². The van der Waals surface area contributed by atoms with Crippen LogP contribution in [0.1, 0.15) is 23.2 Å².